The summed E-state index contributed by atoms with van der Waals surface area (Å²) in [6.45, 7) is 3.90. The van der Waals surface area contributed by atoms with Crippen LogP contribution in [0.2, 0.25) is 0 Å². The maximum absolute atomic E-state index is 12.2. The van der Waals surface area contributed by atoms with E-state index in [1.807, 2.05) is 0 Å². The van der Waals surface area contributed by atoms with Crippen LogP contribution < -0.4 is 10.1 Å². The quantitative estimate of drug-likeness (QED) is 0.385. The van der Waals surface area contributed by atoms with Crippen LogP contribution in [0.1, 0.15) is 50.9 Å². The van der Waals surface area contributed by atoms with Crippen molar-refractivity contribution in [1.29, 1.82) is 0 Å². The Hall–Kier alpha value is -2.71. The number of esters is 1. The lowest BCUT2D eigenvalue weighted by atomic mass is 10.1. The Morgan fingerprint density at radius 1 is 1.11 bits per heavy atom. The van der Waals surface area contributed by atoms with Gasteiger partial charge in [0.1, 0.15) is 11.4 Å². The van der Waals surface area contributed by atoms with Gasteiger partial charge in [-0.3, -0.25) is 9.59 Å². The normalized spacial score (nSPS) is 12.2. The summed E-state index contributed by atoms with van der Waals surface area (Å²) in [6, 6.07) is 5.09. The molecule has 0 aliphatic rings. The van der Waals surface area contributed by atoms with Crippen molar-refractivity contribution in [2.45, 2.75) is 58.9 Å². The molecule has 0 aliphatic carbocycles. The topological polar surface area (TPSA) is 90.9 Å². The third-order valence-electron chi connectivity index (χ3n) is 3.27. The van der Waals surface area contributed by atoms with Gasteiger partial charge >= 0.3 is 18.7 Å². The van der Waals surface area contributed by atoms with Crippen LogP contribution in [0.3, 0.4) is 0 Å². The fourth-order valence-electron chi connectivity index (χ4n) is 2.08. The first-order chi connectivity index (χ1) is 13.0. The van der Waals surface area contributed by atoms with E-state index in [0.29, 0.717) is 6.42 Å². The zero-order valence-corrected chi connectivity index (χ0v) is 16.3. The highest BCUT2D eigenvalue weighted by Gasteiger charge is 2.20. The SMILES string of the molecule is C[C@@H](OC(=O)CCCNC(=O)OC(C)(C)C)C(=O)c1ccc(OC(F)F)cc1. The molecule has 9 heteroatoms. The average Bonchev–Trinajstić information content (AvgIpc) is 2.56. The van der Waals surface area contributed by atoms with E-state index >= 15 is 0 Å². The van der Waals surface area contributed by atoms with Crippen molar-refractivity contribution in [1.82, 2.24) is 5.32 Å². The molecular weight excluding hydrogens is 376 g/mol. The van der Waals surface area contributed by atoms with Crippen LogP contribution in [0.4, 0.5) is 13.6 Å². The molecule has 0 heterocycles. The molecule has 0 fully saturated rings. The predicted molar refractivity (Wildman–Crippen MR) is 96.4 cm³/mol. The predicted octanol–water partition coefficient (Wildman–Crippen LogP) is 3.71. The second-order valence-electron chi connectivity index (χ2n) is 6.93. The van der Waals surface area contributed by atoms with Crippen LogP contribution in [0.25, 0.3) is 0 Å². The molecule has 28 heavy (non-hydrogen) atoms. The van der Waals surface area contributed by atoms with E-state index in [9.17, 15) is 23.2 Å². The van der Waals surface area contributed by atoms with Crippen molar-refractivity contribution in [3.63, 3.8) is 0 Å². The molecular formula is C19H25F2NO6. The Morgan fingerprint density at radius 2 is 1.71 bits per heavy atom. The molecule has 0 saturated carbocycles. The Labute approximate surface area is 162 Å². The van der Waals surface area contributed by atoms with E-state index in [-0.39, 0.29) is 24.3 Å². The van der Waals surface area contributed by atoms with Gasteiger partial charge in [-0.15, -0.1) is 0 Å². The molecule has 1 N–H and O–H groups in total. The zero-order valence-electron chi connectivity index (χ0n) is 16.3. The Morgan fingerprint density at radius 3 is 2.25 bits per heavy atom. The number of hydrogen-bond acceptors (Lipinski definition) is 6. The Bertz CT molecular complexity index is 670. The van der Waals surface area contributed by atoms with E-state index < -0.39 is 36.2 Å². The van der Waals surface area contributed by atoms with Gasteiger partial charge in [-0.05, 0) is 58.4 Å². The van der Waals surface area contributed by atoms with Gasteiger partial charge < -0.3 is 19.5 Å². The van der Waals surface area contributed by atoms with Crippen molar-refractivity contribution >= 4 is 17.8 Å². The van der Waals surface area contributed by atoms with Crippen molar-refractivity contribution in [3.8, 4) is 5.75 Å². The van der Waals surface area contributed by atoms with Crippen molar-refractivity contribution < 1.29 is 37.4 Å². The van der Waals surface area contributed by atoms with Gasteiger partial charge in [-0.25, -0.2) is 4.79 Å². The molecule has 0 saturated heterocycles. The molecule has 1 atom stereocenters. The molecule has 0 aromatic heterocycles. The zero-order chi connectivity index (χ0) is 21.3. The third-order valence-corrected chi connectivity index (χ3v) is 3.27. The number of benzene rings is 1. The number of amides is 1. The highest BCUT2D eigenvalue weighted by Crippen LogP contribution is 2.16. The van der Waals surface area contributed by atoms with Crippen LogP contribution in [0.15, 0.2) is 24.3 Å². The van der Waals surface area contributed by atoms with Gasteiger partial charge in [0.25, 0.3) is 0 Å². The molecule has 1 rings (SSSR count). The number of Topliss-reactive ketones (excluding diaryl/α,β-unsaturated/α-hetero) is 1. The van der Waals surface area contributed by atoms with Gasteiger partial charge in [0.15, 0.2) is 6.10 Å². The maximum Gasteiger partial charge on any atom is 0.407 e. The lowest BCUT2D eigenvalue weighted by Crippen LogP contribution is -2.33. The number of ether oxygens (including phenoxy) is 3. The first-order valence-corrected chi connectivity index (χ1v) is 8.73. The molecule has 0 bridgehead atoms. The number of ketones is 1. The second-order valence-corrected chi connectivity index (χ2v) is 6.93. The molecule has 0 aliphatic heterocycles. The molecule has 156 valence electrons. The highest BCUT2D eigenvalue weighted by atomic mass is 19.3. The largest absolute Gasteiger partial charge is 0.454 e. The van der Waals surface area contributed by atoms with Gasteiger partial charge in [0.2, 0.25) is 5.78 Å². The molecule has 0 unspecified atom stereocenters. The lowest BCUT2D eigenvalue weighted by Gasteiger charge is -2.19. The number of rotatable bonds is 9. The number of alkyl halides is 2. The number of alkyl carbamates (subject to hydrolysis) is 1. The standard InChI is InChI=1S/C19H25F2NO6/c1-12(16(24)13-7-9-14(10-8-13)27-17(20)21)26-15(23)6-5-11-22-18(25)28-19(2,3)4/h7-10,12,17H,5-6,11H2,1-4H3,(H,22,25)/t12-/m1/s1. The van der Waals surface area contributed by atoms with Crippen molar-refractivity contribution in [3.05, 3.63) is 29.8 Å². The third kappa shape index (κ3) is 9.29. The van der Waals surface area contributed by atoms with Crippen LogP contribution >= 0.6 is 0 Å². The van der Waals surface area contributed by atoms with E-state index in [1.165, 1.54) is 31.2 Å². The van der Waals surface area contributed by atoms with Crippen molar-refractivity contribution in [2.24, 2.45) is 0 Å². The Balaban J connectivity index is 2.37. The van der Waals surface area contributed by atoms with E-state index in [1.54, 1.807) is 20.8 Å². The smallest absolute Gasteiger partial charge is 0.407 e. The maximum atomic E-state index is 12.2. The fourth-order valence-corrected chi connectivity index (χ4v) is 2.08. The first-order valence-electron chi connectivity index (χ1n) is 8.73. The van der Waals surface area contributed by atoms with Crippen LogP contribution in [-0.2, 0) is 14.3 Å². The lowest BCUT2D eigenvalue weighted by molar-refractivity contribution is -0.146. The van der Waals surface area contributed by atoms with Crippen LogP contribution in [0, 0.1) is 0 Å². The average molecular weight is 401 g/mol. The highest BCUT2D eigenvalue weighted by molar-refractivity contribution is 6.00. The molecule has 1 aromatic carbocycles. The number of hydrogen-bond donors (Lipinski definition) is 1. The summed E-state index contributed by atoms with van der Waals surface area (Å²) < 4.78 is 38.6. The van der Waals surface area contributed by atoms with Gasteiger partial charge in [-0.2, -0.15) is 8.78 Å². The minimum atomic E-state index is -2.95. The fraction of sp³-hybridized carbons (Fsp3) is 0.526. The van der Waals surface area contributed by atoms with Gasteiger partial charge in [-0.1, -0.05) is 0 Å². The van der Waals surface area contributed by atoms with E-state index in [0.717, 1.165) is 0 Å². The van der Waals surface area contributed by atoms with Crippen molar-refractivity contribution in [2.75, 3.05) is 6.54 Å². The summed E-state index contributed by atoms with van der Waals surface area (Å²) in [4.78, 5) is 35.5. The minimum absolute atomic E-state index is 0.00852. The van der Waals surface area contributed by atoms with Gasteiger partial charge in [0, 0.05) is 18.5 Å². The number of carbonyl (C=O) groups excluding carboxylic acids is 3. The number of carbonyl (C=O) groups is 3. The molecule has 0 spiro atoms. The number of halogens is 2. The van der Waals surface area contributed by atoms with Gasteiger partial charge in [0.05, 0.1) is 0 Å². The summed E-state index contributed by atoms with van der Waals surface area (Å²) in [5.41, 5.74) is -0.406. The summed E-state index contributed by atoms with van der Waals surface area (Å²) in [5.74, 6) is -1.14. The summed E-state index contributed by atoms with van der Waals surface area (Å²) in [7, 11) is 0. The van der Waals surface area contributed by atoms with Crippen LogP contribution in [0.5, 0.6) is 5.75 Å². The number of nitrogens with one attached hydrogen (secondary N) is 1. The molecule has 1 amide bonds. The summed E-state index contributed by atoms with van der Waals surface area (Å²) in [5, 5.41) is 2.51. The monoisotopic (exact) mass is 401 g/mol. The summed E-state index contributed by atoms with van der Waals surface area (Å²) in [6.07, 6.45) is -1.29. The summed E-state index contributed by atoms with van der Waals surface area (Å²) >= 11 is 0. The second kappa shape index (κ2) is 10.6. The van der Waals surface area contributed by atoms with Crippen LogP contribution in [-0.4, -0.2) is 42.7 Å². The van der Waals surface area contributed by atoms with E-state index in [2.05, 4.69) is 10.1 Å². The molecule has 0 radical (unpaired) electrons. The molecule has 1 aromatic rings. The van der Waals surface area contributed by atoms with E-state index in [4.69, 9.17) is 9.47 Å². The minimum Gasteiger partial charge on any atom is -0.454 e. The first kappa shape index (κ1) is 23.3. The Kier molecular flexibility index (Phi) is 8.81. The molecule has 7 nitrogen and oxygen atoms in total.